The van der Waals surface area contributed by atoms with E-state index in [-0.39, 0.29) is 12.6 Å². The minimum Gasteiger partial charge on any atom is -0.464 e. The number of rotatable bonds is 4. The highest BCUT2D eigenvalue weighted by Crippen LogP contribution is 2.27. The lowest BCUT2D eigenvalue weighted by Gasteiger charge is -2.24. The molecule has 0 N–H and O–H groups in total. The van der Waals surface area contributed by atoms with E-state index in [0.29, 0.717) is 19.6 Å². The lowest BCUT2D eigenvalue weighted by atomic mass is 10.0. The average Bonchev–Trinajstić information content (AvgIpc) is 2.55. The molecule has 0 aromatic heterocycles. The number of esters is 1. The van der Waals surface area contributed by atoms with Gasteiger partial charge in [0.15, 0.2) is 5.60 Å². The summed E-state index contributed by atoms with van der Waals surface area (Å²) in [6.07, 6.45) is 1.59. The van der Waals surface area contributed by atoms with E-state index in [4.69, 9.17) is 14.2 Å². The maximum atomic E-state index is 11.5. The molecule has 0 aromatic carbocycles. The number of methoxy groups -OCH3 is 1. The maximum absolute atomic E-state index is 11.5. The van der Waals surface area contributed by atoms with Crippen LogP contribution < -0.4 is 0 Å². The normalized spacial score (nSPS) is 27.5. The van der Waals surface area contributed by atoms with Crippen molar-refractivity contribution in [2.45, 2.75) is 25.4 Å². The minimum absolute atomic E-state index is 0.284. The van der Waals surface area contributed by atoms with E-state index in [1.54, 1.807) is 14.0 Å². The molecule has 1 rings (SSSR count). The van der Waals surface area contributed by atoms with E-state index in [1.165, 1.54) is 0 Å². The number of carbonyl (C=O) groups is 1. The van der Waals surface area contributed by atoms with Crippen LogP contribution in [0.15, 0.2) is 0 Å². The molecule has 0 aromatic rings. The zero-order valence-corrected chi connectivity index (χ0v) is 8.17. The van der Waals surface area contributed by atoms with Crippen molar-refractivity contribution in [3.05, 3.63) is 0 Å². The van der Waals surface area contributed by atoms with Gasteiger partial charge in [0.05, 0.1) is 13.2 Å². The van der Waals surface area contributed by atoms with Gasteiger partial charge in [0.2, 0.25) is 0 Å². The van der Waals surface area contributed by atoms with Gasteiger partial charge in [-0.3, -0.25) is 0 Å². The number of hydrogen-bond acceptors (Lipinski definition) is 4. The number of ether oxygens (including phenoxy) is 3. The van der Waals surface area contributed by atoms with Crippen LogP contribution in [0.3, 0.4) is 0 Å². The molecule has 1 unspecified atom stereocenters. The largest absolute Gasteiger partial charge is 0.464 e. The van der Waals surface area contributed by atoms with Crippen molar-refractivity contribution in [1.29, 1.82) is 0 Å². The predicted molar refractivity (Wildman–Crippen MR) is 46.4 cm³/mol. The Labute approximate surface area is 78.2 Å². The Kier molecular flexibility index (Phi) is 3.69. The van der Waals surface area contributed by atoms with Crippen LogP contribution in [0.25, 0.3) is 0 Å². The van der Waals surface area contributed by atoms with Gasteiger partial charge in [0, 0.05) is 13.7 Å². The Morgan fingerprint density at radius 1 is 1.62 bits per heavy atom. The summed E-state index contributed by atoms with van der Waals surface area (Å²) in [4.78, 5) is 11.5. The molecule has 4 nitrogen and oxygen atoms in total. The highest BCUT2D eigenvalue weighted by Gasteiger charge is 2.44. The molecule has 0 bridgehead atoms. The molecule has 0 radical (unpaired) electrons. The Hall–Kier alpha value is -0.610. The third-order valence-corrected chi connectivity index (χ3v) is 2.13. The van der Waals surface area contributed by atoms with E-state index in [2.05, 4.69) is 0 Å². The molecular formula is C9H16O4. The lowest BCUT2D eigenvalue weighted by molar-refractivity contribution is -0.172. The first-order valence-electron chi connectivity index (χ1n) is 4.55. The summed E-state index contributed by atoms with van der Waals surface area (Å²) >= 11 is 0. The third kappa shape index (κ3) is 2.19. The monoisotopic (exact) mass is 188 g/mol. The van der Waals surface area contributed by atoms with E-state index >= 15 is 0 Å². The second-order valence-corrected chi connectivity index (χ2v) is 3.10. The quantitative estimate of drug-likeness (QED) is 0.610. The second kappa shape index (κ2) is 4.58. The first-order chi connectivity index (χ1) is 6.25. The topological polar surface area (TPSA) is 44.8 Å². The molecule has 1 heterocycles. The summed E-state index contributed by atoms with van der Waals surface area (Å²) in [7, 11) is 1.56. The van der Waals surface area contributed by atoms with Gasteiger partial charge in [-0.05, 0) is 19.8 Å². The Balaban J connectivity index is 2.60. The highest BCUT2D eigenvalue weighted by molar-refractivity contribution is 5.80. The molecule has 1 aliphatic rings. The number of carbonyl (C=O) groups excluding carboxylic acids is 1. The molecule has 0 aliphatic carbocycles. The van der Waals surface area contributed by atoms with Crippen molar-refractivity contribution in [1.82, 2.24) is 0 Å². The van der Waals surface area contributed by atoms with Crippen molar-refractivity contribution in [3.8, 4) is 0 Å². The van der Waals surface area contributed by atoms with Crippen LogP contribution in [0.1, 0.15) is 19.8 Å². The Morgan fingerprint density at radius 3 is 2.85 bits per heavy atom. The van der Waals surface area contributed by atoms with Gasteiger partial charge >= 0.3 is 5.97 Å². The average molecular weight is 188 g/mol. The first kappa shape index (κ1) is 10.5. The SMILES string of the molecule is CCOC(=O)C1(COC)CCCO1. The van der Waals surface area contributed by atoms with Crippen molar-refractivity contribution >= 4 is 5.97 Å². The lowest BCUT2D eigenvalue weighted by Crippen LogP contribution is -2.43. The van der Waals surface area contributed by atoms with Crippen molar-refractivity contribution in [3.63, 3.8) is 0 Å². The molecule has 13 heavy (non-hydrogen) atoms. The van der Waals surface area contributed by atoms with Crippen LogP contribution in [0, 0.1) is 0 Å². The van der Waals surface area contributed by atoms with E-state index in [0.717, 1.165) is 6.42 Å². The fourth-order valence-corrected chi connectivity index (χ4v) is 1.53. The minimum atomic E-state index is -0.829. The summed E-state index contributed by atoms with van der Waals surface area (Å²) in [5, 5.41) is 0. The van der Waals surface area contributed by atoms with Crippen LogP contribution in [-0.2, 0) is 19.0 Å². The van der Waals surface area contributed by atoms with Gasteiger partial charge in [-0.2, -0.15) is 0 Å². The maximum Gasteiger partial charge on any atom is 0.340 e. The number of hydrogen-bond donors (Lipinski definition) is 0. The summed E-state index contributed by atoms with van der Waals surface area (Å²) < 4.78 is 15.3. The van der Waals surface area contributed by atoms with Crippen molar-refractivity contribution in [2.75, 3.05) is 26.9 Å². The van der Waals surface area contributed by atoms with Crippen LogP contribution in [0.2, 0.25) is 0 Å². The molecule has 0 saturated carbocycles. The van der Waals surface area contributed by atoms with Gasteiger partial charge in [-0.1, -0.05) is 0 Å². The van der Waals surface area contributed by atoms with Crippen LogP contribution in [-0.4, -0.2) is 38.5 Å². The molecule has 0 amide bonds. The molecule has 1 atom stereocenters. The fourth-order valence-electron chi connectivity index (χ4n) is 1.53. The summed E-state index contributed by atoms with van der Waals surface area (Å²) in [5.74, 6) is -0.297. The molecule has 4 heteroatoms. The molecule has 1 saturated heterocycles. The van der Waals surface area contributed by atoms with E-state index in [1.807, 2.05) is 0 Å². The van der Waals surface area contributed by atoms with Crippen molar-refractivity contribution in [2.24, 2.45) is 0 Å². The van der Waals surface area contributed by atoms with Gasteiger partial charge in [0.1, 0.15) is 0 Å². The fraction of sp³-hybridized carbons (Fsp3) is 0.889. The molecule has 76 valence electrons. The predicted octanol–water partition coefficient (Wildman–Crippen LogP) is 0.745. The summed E-state index contributed by atoms with van der Waals surface area (Å²) in [6, 6.07) is 0. The summed E-state index contributed by atoms with van der Waals surface area (Å²) in [6.45, 7) is 3.06. The van der Waals surface area contributed by atoms with Gasteiger partial charge < -0.3 is 14.2 Å². The van der Waals surface area contributed by atoms with Gasteiger partial charge in [-0.15, -0.1) is 0 Å². The van der Waals surface area contributed by atoms with Crippen LogP contribution >= 0.6 is 0 Å². The van der Waals surface area contributed by atoms with Crippen LogP contribution in [0.5, 0.6) is 0 Å². The zero-order valence-electron chi connectivity index (χ0n) is 8.17. The summed E-state index contributed by atoms with van der Waals surface area (Å²) in [5.41, 5.74) is -0.829. The van der Waals surface area contributed by atoms with Crippen molar-refractivity contribution < 1.29 is 19.0 Å². The van der Waals surface area contributed by atoms with E-state index < -0.39 is 5.60 Å². The highest BCUT2D eigenvalue weighted by atomic mass is 16.6. The Bertz CT molecular complexity index is 172. The van der Waals surface area contributed by atoms with Crippen LogP contribution in [0.4, 0.5) is 0 Å². The first-order valence-corrected chi connectivity index (χ1v) is 4.55. The molecular weight excluding hydrogens is 172 g/mol. The molecule has 1 fully saturated rings. The molecule has 1 aliphatic heterocycles. The smallest absolute Gasteiger partial charge is 0.340 e. The van der Waals surface area contributed by atoms with E-state index in [9.17, 15) is 4.79 Å². The van der Waals surface area contributed by atoms with Gasteiger partial charge in [0.25, 0.3) is 0 Å². The standard InChI is InChI=1S/C9H16O4/c1-3-12-8(10)9(7-11-2)5-4-6-13-9/h3-7H2,1-2H3. The Morgan fingerprint density at radius 2 is 2.38 bits per heavy atom. The third-order valence-electron chi connectivity index (χ3n) is 2.13. The zero-order chi connectivity index (χ0) is 9.73. The second-order valence-electron chi connectivity index (χ2n) is 3.10. The van der Waals surface area contributed by atoms with Gasteiger partial charge in [-0.25, -0.2) is 4.79 Å². The molecule has 0 spiro atoms.